The molecule has 3 aromatic rings. The summed E-state index contributed by atoms with van der Waals surface area (Å²) in [7, 11) is 0. The first-order chi connectivity index (χ1) is 11.6. The van der Waals surface area contributed by atoms with Gasteiger partial charge in [0.15, 0.2) is 6.61 Å². The van der Waals surface area contributed by atoms with Crippen LogP contribution in [0.4, 0.5) is 5.69 Å². The fraction of sp³-hybridized carbons (Fsp3) is 0.111. The van der Waals surface area contributed by atoms with Gasteiger partial charge in [-0.2, -0.15) is 0 Å². The van der Waals surface area contributed by atoms with Gasteiger partial charge in [0.05, 0.1) is 6.42 Å². The van der Waals surface area contributed by atoms with E-state index in [1.54, 1.807) is 23.5 Å². The van der Waals surface area contributed by atoms with Gasteiger partial charge in [-0.25, -0.2) is 4.79 Å². The van der Waals surface area contributed by atoms with Crippen molar-refractivity contribution in [2.45, 2.75) is 6.42 Å². The van der Waals surface area contributed by atoms with Crippen molar-refractivity contribution in [2.75, 3.05) is 11.9 Å². The highest BCUT2D eigenvalue weighted by Crippen LogP contribution is 2.31. The molecule has 24 heavy (non-hydrogen) atoms. The van der Waals surface area contributed by atoms with Gasteiger partial charge in [-0.1, -0.05) is 30.3 Å². The molecule has 0 fully saturated rings. The van der Waals surface area contributed by atoms with E-state index in [1.807, 2.05) is 41.8 Å². The summed E-state index contributed by atoms with van der Waals surface area (Å²) < 4.78 is 5.32. The number of carboxylic acids is 1. The van der Waals surface area contributed by atoms with Crippen molar-refractivity contribution in [1.29, 1.82) is 0 Å². The second-order valence-electron chi connectivity index (χ2n) is 5.14. The van der Waals surface area contributed by atoms with E-state index in [-0.39, 0.29) is 5.91 Å². The number of thiophene rings is 1. The highest BCUT2D eigenvalue weighted by atomic mass is 32.1. The third kappa shape index (κ3) is 3.72. The fourth-order valence-corrected chi connectivity index (χ4v) is 3.12. The number of fused-ring (bicyclic) bond motifs is 1. The van der Waals surface area contributed by atoms with E-state index in [9.17, 15) is 9.59 Å². The van der Waals surface area contributed by atoms with Crippen LogP contribution in [0.25, 0.3) is 10.8 Å². The van der Waals surface area contributed by atoms with E-state index in [1.165, 1.54) is 0 Å². The molecule has 3 rings (SSSR count). The average Bonchev–Trinajstić information content (AvgIpc) is 3.07. The Bertz CT molecular complexity index is 874. The molecule has 0 saturated heterocycles. The van der Waals surface area contributed by atoms with Crippen molar-refractivity contribution in [3.8, 4) is 5.75 Å². The molecule has 0 aliphatic carbocycles. The number of hydrogen-bond donors (Lipinski definition) is 2. The number of aliphatic carboxylic acids is 1. The Labute approximate surface area is 142 Å². The normalized spacial score (nSPS) is 10.5. The Morgan fingerprint density at radius 1 is 1.04 bits per heavy atom. The molecule has 2 aromatic carbocycles. The van der Waals surface area contributed by atoms with Crippen LogP contribution in [0.3, 0.4) is 0 Å². The molecule has 1 amide bonds. The first-order valence-electron chi connectivity index (χ1n) is 7.32. The number of rotatable bonds is 6. The quantitative estimate of drug-likeness (QED) is 0.719. The van der Waals surface area contributed by atoms with Crippen molar-refractivity contribution in [3.63, 3.8) is 0 Å². The summed E-state index contributed by atoms with van der Waals surface area (Å²) in [5, 5.41) is 15.2. The van der Waals surface area contributed by atoms with Crippen molar-refractivity contribution < 1.29 is 19.4 Å². The molecule has 0 saturated carbocycles. The minimum absolute atomic E-state index is 0.0955. The molecule has 0 spiro atoms. The molecular weight excluding hydrogens is 326 g/mol. The van der Waals surface area contributed by atoms with Crippen LogP contribution in [0.1, 0.15) is 4.88 Å². The molecule has 0 aliphatic rings. The minimum atomic E-state index is -1.03. The summed E-state index contributed by atoms with van der Waals surface area (Å²) in [5.41, 5.74) is 0.676. The zero-order valence-electron chi connectivity index (χ0n) is 12.7. The van der Waals surface area contributed by atoms with Crippen LogP contribution in [-0.4, -0.2) is 23.6 Å². The van der Waals surface area contributed by atoms with E-state index in [4.69, 9.17) is 9.84 Å². The summed E-state index contributed by atoms with van der Waals surface area (Å²) in [6, 6.07) is 14.6. The molecule has 1 aromatic heterocycles. The number of nitrogens with one attached hydrogen (secondary N) is 1. The maximum Gasteiger partial charge on any atom is 0.341 e. The topological polar surface area (TPSA) is 75.6 Å². The van der Waals surface area contributed by atoms with Crippen molar-refractivity contribution in [1.82, 2.24) is 0 Å². The number of amides is 1. The maximum atomic E-state index is 12.2. The number of carbonyl (C=O) groups is 2. The molecule has 0 aliphatic heterocycles. The van der Waals surface area contributed by atoms with Gasteiger partial charge < -0.3 is 15.2 Å². The van der Waals surface area contributed by atoms with Crippen molar-refractivity contribution in [3.05, 3.63) is 58.8 Å². The Kier molecular flexibility index (Phi) is 4.77. The molecule has 0 atom stereocenters. The third-order valence-corrected chi connectivity index (χ3v) is 4.30. The fourth-order valence-electron chi connectivity index (χ4n) is 2.41. The summed E-state index contributed by atoms with van der Waals surface area (Å²) in [6.45, 7) is -0.409. The standard InChI is InChI=1S/C18H15NO4S/c20-17(10-12-4-3-9-24-12)19-15-7-8-16(23-11-18(21)22)14-6-2-1-5-13(14)15/h1-9H,10-11H2,(H,19,20)(H,21,22). The molecule has 6 heteroatoms. The van der Waals surface area contributed by atoms with Crippen LogP contribution in [-0.2, 0) is 16.0 Å². The Balaban J connectivity index is 1.85. The van der Waals surface area contributed by atoms with Gasteiger partial charge in [-0.15, -0.1) is 11.3 Å². The summed E-state index contributed by atoms with van der Waals surface area (Å²) >= 11 is 1.54. The Hall–Kier alpha value is -2.86. The van der Waals surface area contributed by atoms with Crippen LogP contribution < -0.4 is 10.1 Å². The van der Waals surface area contributed by atoms with Gasteiger partial charge >= 0.3 is 5.97 Å². The number of hydrogen-bond acceptors (Lipinski definition) is 4. The number of carbonyl (C=O) groups excluding carboxylic acids is 1. The van der Waals surface area contributed by atoms with E-state index in [0.29, 0.717) is 17.9 Å². The van der Waals surface area contributed by atoms with Gasteiger partial charge in [0.1, 0.15) is 5.75 Å². The molecule has 0 bridgehead atoms. The maximum absolute atomic E-state index is 12.2. The van der Waals surface area contributed by atoms with Crippen LogP contribution in [0.2, 0.25) is 0 Å². The second kappa shape index (κ2) is 7.14. The van der Waals surface area contributed by atoms with Crippen molar-refractivity contribution >= 4 is 39.7 Å². The first-order valence-corrected chi connectivity index (χ1v) is 8.20. The highest BCUT2D eigenvalue weighted by molar-refractivity contribution is 7.10. The lowest BCUT2D eigenvalue weighted by atomic mass is 10.1. The van der Waals surface area contributed by atoms with Crippen molar-refractivity contribution in [2.24, 2.45) is 0 Å². The van der Waals surface area contributed by atoms with Gasteiger partial charge in [0.25, 0.3) is 0 Å². The smallest absolute Gasteiger partial charge is 0.341 e. The lowest BCUT2D eigenvalue weighted by Crippen LogP contribution is -2.14. The number of ether oxygens (including phenoxy) is 1. The first kappa shape index (κ1) is 16.0. The zero-order chi connectivity index (χ0) is 16.9. The zero-order valence-corrected chi connectivity index (χ0v) is 13.5. The molecular formula is C18H15NO4S. The van der Waals surface area contributed by atoms with Gasteiger partial charge in [-0.05, 0) is 23.6 Å². The average molecular weight is 341 g/mol. The third-order valence-electron chi connectivity index (χ3n) is 3.42. The predicted molar refractivity (Wildman–Crippen MR) is 93.7 cm³/mol. The minimum Gasteiger partial charge on any atom is -0.481 e. The van der Waals surface area contributed by atoms with E-state index in [2.05, 4.69) is 5.32 Å². The number of anilines is 1. The highest BCUT2D eigenvalue weighted by Gasteiger charge is 2.11. The van der Waals surface area contributed by atoms with E-state index >= 15 is 0 Å². The molecule has 2 N–H and O–H groups in total. The molecule has 1 heterocycles. The lowest BCUT2D eigenvalue weighted by molar-refractivity contribution is -0.139. The monoisotopic (exact) mass is 341 g/mol. The SMILES string of the molecule is O=C(O)COc1ccc(NC(=O)Cc2cccs2)c2ccccc12. The van der Waals surface area contributed by atoms with Gasteiger partial charge in [0.2, 0.25) is 5.91 Å². The molecule has 0 radical (unpaired) electrons. The summed E-state index contributed by atoms with van der Waals surface area (Å²) in [6.07, 6.45) is 0.323. The molecule has 5 nitrogen and oxygen atoms in total. The van der Waals surface area contributed by atoms with Gasteiger partial charge in [-0.3, -0.25) is 4.79 Å². The predicted octanol–water partition coefficient (Wildman–Crippen LogP) is 3.55. The second-order valence-corrected chi connectivity index (χ2v) is 6.18. The molecule has 122 valence electrons. The van der Waals surface area contributed by atoms with Crippen LogP contribution >= 0.6 is 11.3 Å². The molecule has 0 unspecified atom stereocenters. The van der Waals surface area contributed by atoms with Gasteiger partial charge in [0, 0.05) is 21.3 Å². The summed E-state index contributed by atoms with van der Waals surface area (Å²) in [4.78, 5) is 23.9. The van der Waals surface area contributed by atoms with Crippen LogP contribution in [0.15, 0.2) is 53.9 Å². The number of benzene rings is 2. The van der Waals surface area contributed by atoms with Crippen LogP contribution in [0, 0.1) is 0 Å². The number of carboxylic acid groups (broad SMARTS) is 1. The Morgan fingerprint density at radius 2 is 1.83 bits per heavy atom. The summed E-state index contributed by atoms with van der Waals surface area (Å²) in [5.74, 6) is -0.654. The van der Waals surface area contributed by atoms with Crippen LogP contribution in [0.5, 0.6) is 5.75 Å². The lowest BCUT2D eigenvalue weighted by Gasteiger charge is -2.12. The van der Waals surface area contributed by atoms with E-state index < -0.39 is 12.6 Å². The Morgan fingerprint density at radius 3 is 2.54 bits per heavy atom. The van der Waals surface area contributed by atoms with E-state index in [0.717, 1.165) is 15.6 Å². The largest absolute Gasteiger partial charge is 0.481 e.